The number of amides is 2. The molecule has 1 saturated carbocycles. The van der Waals surface area contributed by atoms with E-state index in [0.717, 1.165) is 37.1 Å². The number of hydrogen-bond donors (Lipinski definition) is 3. The Morgan fingerprint density at radius 1 is 1.17 bits per heavy atom. The molecular weight excluding hydrogens is 477 g/mol. The van der Waals surface area contributed by atoms with Gasteiger partial charge in [0.1, 0.15) is 11.5 Å². The van der Waals surface area contributed by atoms with Crippen LogP contribution in [0.25, 0.3) is 11.3 Å². The summed E-state index contributed by atoms with van der Waals surface area (Å²) in [4.78, 5) is 25.2. The number of benzene rings is 2. The van der Waals surface area contributed by atoms with Gasteiger partial charge in [0.15, 0.2) is 0 Å². The molecule has 2 amide bonds. The molecule has 3 N–H and O–H groups in total. The third-order valence-corrected chi connectivity index (χ3v) is 5.79. The number of alkyl halides is 3. The maximum absolute atomic E-state index is 12.7. The normalized spacial score (nSPS) is 14.2. The summed E-state index contributed by atoms with van der Waals surface area (Å²) in [7, 11) is 0. The highest BCUT2D eigenvalue weighted by molar-refractivity contribution is 6.04. The Hall–Kier alpha value is -4.02. The zero-order valence-electron chi connectivity index (χ0n) is 19.6. The third kappa shape index (κ3) is 5.96. The van der Waals surface area contributed by atoms with Gasteiger partial charge in [-0.15, -0.1) is 13.2 Å². The first-order chi connectivity index (χ1) is 17.0. The van der Waals surface area contributed by atoms with E-state index in [1.807, 2.05) is 13.8 Å². The number of aromatic hydroxyl groups is 1. The fourth-order valence-electron chi connectivity index (χ4n) is 3.57. The van der Waals surface area contributed by atoms with Gasteiger partial charge >= 0.3 is 12.4 Å². The van der Waals surface area contributed by atoms with Crippen LogP contribution in [0.1, 0.15) is 55.1 Å². The Morgan fingerprint density at radius 2 is 1.86 bits per heavy atom. The minimum atomic E-state index is -4.82. The summed E-state index contributed by atoms with van der Waals surface area (Å²) in [6.45, 7) is 3.87. The van der Waals surface area contributed by atoms with Crippen LogP contribution in [0, 0.1) is 0 Å². The quantitative estimate of drug-likeness (QED) is 0.388. The van der Waals surface area contributed by atoms with Crippen LogP contribution in [-0.2, 0) is 0 Å². The minimum Gasteiger partial charge on any atom is -0.507 e. The summed E-state index contributed by atoms with van der Waals surface area (Å²) < 4.78 is 42.0. The Labute approximate surface area is 205 Å². The maximum Gasteiger partial charge on any atom is 0.573 e. The topological polar surface area (TPSA) is 105 Å². The van der Waals surface area contributed by atoms with Crippen molar-refractivity contribution >= 4 is 17.6 Å². The fourth-order valence-corrected chi connectivity index (χ4v) is 3.57. The molecule has 11 heteroatoms. The molecule has 0 aliphatic heterocycles. The number of hydrogen-bond acceptors (Lipinski definition) is 5. The highest BCUT2D eigenvalue weighted by Gasteiger charge is 2.32. The van der Waals surface area contributed by atoms with Crippen LogP contribution in [0.4, 0.5) is 23.7 Å². The molecule has 1 unspecified atom stereocenters. The van der Waals surface area contributed by atoms with E-state index in [1.54, 1.807) is 18.2 Å². The standard InChI is InChI=1S/C25H25F3N4O4/c1-3-14(2)29-24(35)32-21(15-4-5-15)13-20(31-32)19-11-8-17(12-22(19)33)30-23(34)16-6-9-18(10-7-16)36-25(26,27)28/h6-15,33H,3-5H2,1-2H3,(H,29,35)(H,30,34). The van der Waals surface area contributed by atoms with Gasteiger partial charge in [0, 0.05) is 34.8 Å². The van der Waals surface area contributed by atoms with E-state index in [4.69, 9.17) is 0 Å². The van der Waals surface area contributed by atoms with Crippen LogP contribution in [0.3, 0.4) is 0 Å². The van der Waals surface area contributed by atoms with E-state index < -0.39 is 18.0 Å². The van der Waals surface area contributed by atoms with Gasteiger partial charge in [-0.2, -0.15) is 9.78 Å². The van der Waals surface area contributed by atoms with Crippen molar-refractivity contribution in [2.75, 3.05) is 5.32 Å². The number of ether oxygens (including phenoxy) is 1. The molecular formula is C25H25F3N4O4. The Balaban J connectivity index is 1.50. The molecule has 1 aromatic heterocycles. The summed E-state index contributed by atoms with van der Waals surface area (Å²) >= 11 is 0. The smallest absolute Gasteiger partial charge is 0.507 e. The number of phenols is 1. The molecule has 1 aliphatic rings. The summed E-state index contributed by atoms with van der Waals surface area (Å²) in [6, 6.07) is 10.4. The molecule has 36 heavy (non-hydrogen) atoms. The third-order valence-electron chi connectivity index (χ3n) is 5.79. The number of anilines is 1. The molecule has 190 valence electrons. The van der Waals surface area contributed by atoms with Crippen molar-refractivity contribution in [3.8, 4) is 22.8 Å². The minimum absolute atomic E-state index is 0.0122. The summed E-state index contributed by atoms with van der Waals surface area (Å²) in [5.74, 6) is -0.940. The molecule has 0 bridgehead atoms. The number of rotatable bonds is 7. The largest absolute Gasteiger partial charge is 0.573 e. The van der Waals surface area contributed by atoms with Gasteiger partial charge in [-0.05, 0) is 68.7 Å². The molecule has 1 atom stereocenters. The zero-order chi connectivity index (χ0) is 26.0. The van der Waals surface area contributed by atoms with Crippen LogP contribution in [0.15, 0.2) is 48.5 Å². The summed E-state index contributed by atoms with van der Waals surface area (Å²) in [6.07, 6.45) is -2.13. The van der Waals surface area contributed by atoms with Gasteiger partial charge in [-0.1, -0.05) is 6.92 Å². The Morgan fingerprint density at radius 3 is 2.44 bits per heavy atom. The van der Waals surface area contributed by atoms with Gasteiger partial charge in [0.05, 0.1) is 11.4 Å². The van der Waals surface area contributed by atoms with Crippen LogP contribution in [-0.4, -0.2) is 39.2 Å². The number of carbonyl (C=O) groups excluding carboxylic acids is 2. The number of halogens is 3. The highest BCUT2D eigenvalue weighted by Crippen LogP contribution is 2.42. The van der Waals surface area contributed by atoms with Crippen molar-refractivity contribution in [2.45, 2.75) is 51.4 Å². The molecule has 4 rings (SSSR count). The lowest BCUT2D eigenvalue weighted by Gasteiger charge is -2.12. The van der Waals surface area contributed by atoms with Crippen molar-refractivity contribution in [1.29, 1.82) is 0 Å². The fraction of sp³-hybridized carbons (Fsp3) is 0.320. The van der Waals surface area contributed by atoms with Crippen molar-refractivity contribution in [3.63, 3.8) is 0 Å². The van der Waals surface area contributed by atoms with E-state index in [2.05, 4.69) is 20.5 Å². The van der Waals surface area contributed by atoms with E-state index in [0.29, 0.717) is 11.3 Å². The lowest BCUT2D eigenvalue weighted by Crippen LogP contribution is -2.36. The van der Waals surface area contributed by atoms with Crippen LogP contribution in [0.2, 0.25) is 0 Å². The van der Waals surface area contributed by atoms with Crippen molar-refractivity contribution in [1.82, 2.24) is 15.1 Å². The van der Waals surface area contributed by atoms with Crippen LogP contribution < -0.4 is 15.4 Å². The van der Waals surface area contributed by atoms with Gasteiger partial charge in [0.2, 0.25) is 0 Å². The van der Waals surface area contributed by atoms with Crippen LogP contribution >= 0.6 is 0 Å². The van der Waals surface area contributed by atoms with E-state index >= 15 is 0 Å². The van der Waals surface area contributed by atoms with E-state index in [1.165, 1.54) is 22.9 Å². The number of carbonyl (C=O) groups is 2. The van der Waals surface area contributed by atoms with Gasteiger partial charge in [-0.3, -0.25) is 4.79 Å². The second-order valence-corrected chi connectivity index (χ2v) is 8.66. The van der Waals surface area contributed by atoms with Gasteiger partial charge in [0.25, 0.3) is 5.91 Å². The lowest BCUT2D eigenvalue weighted by atomic mass is 10.1. The monoisotopic (exact) mass is 502 g/mol. The molecule has 0 saturated heterocycles. The van der Waals surface area contributed by atoms with Crippen molar-refractivity contribution in [2.24, 2.45) is 0 Å². The Kier molecular flexibility index (Phi) is 6.91. The predicted molar refractivity (Wildman–Crippen MR) is 126 cm³/mol. The van der Waals surface area contributed by atoms with Gasteiger partial charge < -0.3 is 20.5 Å². The molecule has 3 aromatic rings. The maximum atomic E-state index is 12.7. The number of phenolic OH excluding ortho intramolecular Hbond substituents is 1. The second kappa shape index (κ2) is 9.92. The van der Waals surface area contributed by atoms with E-state index in [-0.39, 0.29) is 35.0 Å². The first-order valence-electron chi connectivity index (χ1n) is 11.5. The average molecular weight is 502 g/mol. The zero-order valence-corrected chi connectivity index (χ0v) is 19.6. The SMILES string of the molecule is CCC(C)NC(=O)n1nc(-c2ccc(NC(=O)c3ccc(OC(F)(F)F)cc3)cc2O)cc1C1CC1. The van der Waals surface area contributed by atoms with Crippen molar-refractivity contribution in [3.05, 3.63) is 59.8 Å². The highest BCUT2D eigenvalue weighted by atomic mass is 19.4. The van der Waals surface area contributed by atoms with Crippen molar-refractivity contribution < 1.29 is 32.6 Å². The molecule has 0 radical (unpaired) electrons. The molecule has 1 aliphatic carbocycles. The lowest BCUT2D eigenvalue weighted by molar-refractivity contribution is -0.274. The van der Waals surface area contributed by atoms with E-state index in [9.17, 15) is 27.9 Å². The number of aromatic nitrogens is 2. The predicted octanol–water partition coefficient (Wildman–Crippen LogP) is 5.64. The molecule has 2 aromatic carbocycles. The number of nitrogens with one attached hydrogen (secondary N) is 2. The average Bonchev–Trinajstić information content (AvgIpc) is 3.56. The molecule has 1 fully saturated rings. The summed E-state index contributed by atoms with van der Waals surface area (Å²) in [5, 5.41) is 20.5. The first kappa shape index (κ1) is 25.1. The molecule has 0 spiro atoms. The first-order valence-corrected chi connectivity index (χ1v) is 11.5. The molecule has 8 nitrogen and oxygen atoms in total. The van der Waals surface area contributed by atoms with Gasteiger partial charge in [-0.25, -0.2) is 4.79 Å². The second-order valence-electron chi connectivity index (χ2n) is 8.66. The number of nitrogens with zero attached hydrogens (tertiary/aromatic N) is 2. The molecule has 1 heterocycles. The van der Waals surface area contributed by atoms with Crippen LogP contribution in [0.5, 0.6) is 11.5 Å². The summed E-state index contributed by atoms with van der Waals surface area (Å²) in [5.41, 5.74) is 1.97. The Bertz CT molecular complexity index is 1270.